The number of fused-ring (bicyclic) bond motifs is 1. The largest absolute Gasteiger partial charge is 0.467 e. The van der Waals surface area contributed by atoms with Crippen molar-refractivity contribution in [1.82, 2.24) is 25.0 Å². The second kappa shape index (κ2) is 7.69. The van der Waals surface area contributed by atoms with E-state index in [0.717, 1.165) is 17.5 Å². The lowest BCUT2D eigenvalue weighted by Crippen LogP contribution is -2.45. The van der Waals surface area contributed by atoms with Crippen molar-refractivity contribution in [2.45, 2.75) is 52.2 Å². The maximum atomic E-state index is 13.4. The van der Waals surface area contributed by atoms with Crippen LogP contribution >= 0.6 is 0 Å². The zero-order valence-electron chi connectivity index (χ0n) is 16.9. The third kappa shape index (κ3) is 3.62. The number of pyridine rings is 1. The Kier molecular flexibility index (Phi) is 5.08. The van der Waals surface area contributed by atoms with Crippen molar-refractivity contribution in [3.63, 3.8) is 0 Å². The monoisotopic (exact) mass is 395 g/mol. The van der Waals surface area contributed by atoms with Gasteiger partial charge in [-0.2, -0.15) is 5.10 Å². The van der Waals surface area contributed by atoms with Gasteiger partial charge < -0.3 is 14.6 Å². The van der Waals surface area contributed by atoms with Crippen LogP contribution in [0.3, 0.4) is 0 Å². The summed E-state index contributed by atoms with van der Waals surface area (Å²) >= 11 is 0. The lowest BCUT2D eigenvalue weighted by Gasteiger charge is -2.24. The van der Waals surface area contributed by atoms with Crippen molar-refractivity contribution in [3.05, 3.63) is 47.7 Å². The molecule has 1 unspecified atom stereocenters. The predicted octanol–water partition coefficient (Wildman–Crippen LogP) is 2.83. The molecule has 152 valence electrons. The predicted molar refractivity (Wildman–Crippen MR) is 107 cm³/mol. The molecule has 4 heterocycles. The maximum absolute atomic E-state index is 13.4. The van der Waals surface area contributed by atoms with Crippen molar-refractivity contribution in [2.24, 2.45) is 0 Å². The van der Waals surface area contributed by atoms with E-state index in [0.29, 0.717) is 36.5 Å². The molecule has 0 radical (unpaired) electrons. The standard InChI is InChI=1S/C21H25N5O3/c1-13(2)26-19-17(12-23-26)16(10-14(3)24-19)21(28)25-8-4-7-18(25)20(27)22-11-15-6-5-9-29-15/h5-6,9-10,12-13,18H,4,7-8,11H2,1-3H3,(H,22,27). The third-order valence-corrected chi connectivity index (χ3v) is 5.25. The summed E-state index contributed by atoms with van der Waals surface area (Å²) in [6.45, 7) is 6.78. The fourth-order valence-corrected chi connectivity index (χ4v) is 3.84. The number of aryl methyl sites for hydroxylation is 1. The molecule has 2 amide bonds. The molecule has 0 saturated carbocycles. The fourth-order valence-electron chi connectivity index (χ4n) is 3.84. The number of furan rings is 1. The van der Waals surface area contributed by atoms with Gasteiger partial charge in [-0.25, -0.2) is 9.67 Å². The lowest BCUT2D eigenvalue weighted by molar-refractivity contribution is -0.125. The van der Waals surface area contributed by atoms with Gasteiger partial charge in [-0.3, -0.25) is 9.59 Å². The van der Waals surface area contributed by atoms with Gasteiger partial charge in [-0.15, -0.1) is 0 Å². The molecular formula is C21H25N5O3. The Labute approximate surface area is 168 Å². The van der Waals surface area contributed by atoms with E-state index in [9.17, 15) is 9.59 Å². The minimum Gasteiger partial charge on any atom is -0.467 e. The smallest absolute Gasteiger partial charge is 0.255 e. The fraction of sp³-hybridized carbons (Fsp3) is 0.429. The Morgan fingerprint density at radius 2 is 2.21 bits per heavy atom. The van der Waals surface area contributed by atoms with Crippen LogP contribution in [0.25, 0.3) is 11.0 Å². The highest BCUT2D eigenvalue weighted by molar-refractivity contribution is 6.07. The molecular weight excluding hydrogens is 370 g/mol. The molecule has 0 aromatic carbocycles. The molecule has 8 nitrogen and oxygen atoms in total. The number of nitrogens with zero attached hydrogens (tertiary/aromatic N) is 4. The summed E-state index contributed by atoms with van der Waals surface area (Å²) in [4.78, 5) is 32.4. The molecule has 0 bridgehead atoms. The number of likely N-dealkylation sites (tertiary alicyclic amines) is 1. The van der Waals surface area contributed by atoms with Crippen molar-refractivity contribution in [1.29, 1.82) is 0 Å². The summed E-state index contributed by atoms with van der Waals surface area (Å²) in [7, 11) is 0. The molecule has 1 aliphatic heterocycles. The summed E-state index contributed by atoms with van der Waals surface area (Å²) in [5.74, 6) is 0.369. The minimum absolute atomic E-state index is 0.136. The molecule has 3 aromatic rings. The molecule has 1 saturated heterocycles. The van der Waals surface area contributed by atoms with Crippen LogP contribution < -0.4 is 5.32 Å². The average molecular weight is 395 g/mol. The summed E-state index contributed by atoms with van der Waals surface area (Å²) in [5, 5.41) is 8.01. The Bertz CT molecular complexity index is 1040. The molecule has 1 fully saturated rings. The van der Waals surface area contributed by atoms with Gasteiger partial charge >= 0.3 is 0 Å². The molecule has 3 aromatic heterocycles. The highest BCUT2D eigenvalue weighted by Crippen LogP contribution is 2.26. The van der Waals surface area contributed by atoms with E-state index in [1.165, 1.54) is 0 Å². The molecule has 1 N–H and O–H groups in total. The highest BCUT2D eigenvalue weighted by atomic mass is 16.3. The van der Waals surface area contributed by atoms with Gasteiger partial charge in [0.25, 0.3) is 5.91 Å². The van der Waals surface area contributed by atoms with E-state index >= 15 is 0 Å². The first-order chi connectivity index (χ1) is 14.0. The Morgan fingerprint density at radius 3 is 2.93 bits per heavy atom. The van der Waals surface area contributed by atoms with Gasteiger partial charge in [-0.1, -0.05) is 0 Å². The quantitative estimate of drug-likeness (QED) is 0.717. The van der Waals surface area contributed by atoms with E-state index in [1.807, 2.05) is 25.5 Å². The Balaban J connectivity index is 1.59. The summed E-state index contributed by atoms with van der Waals surface area (Å²) in [5.41, 5.74) is 1.99. The van der Waals surface area contributed by atoms with Gasteiger partial charge in [0.05, 0.1) is 30.0 Å². The number of carbonyl (C=O) groups is 2. The Morgan fingerprint density at radius 1 is 1.38 bits per heavy atom. The molecule has 8 heteroatoms. The number of amides is 2. The SMILES string of the molecule is Cc1cc(C(=O)N2CCCC2C(=O)NCc2ccco2)c2cnn(C(C)C)c2n1. The van der Waals surface area contributed by atoms with Gasteiger partial charge in [0.15, 0.2) is 5.65 Å². The van der Waals surface area contributed by atoms with Crippen molar-refractivity contribution < 1.29 is 14.0 Å². The van der Waals surface area contributed by atoms with Crippen molar-refractivity contribution in [2.75, 3.05) is 6.54 Å². The highest BCUT2D eigenvalue weighted by Gasteiger charge is 2.35. The van der Waals surface area contributed by atoms with Gasteiger partial charge in [0.2, 0.25) is 5.91 Å². The van der Waals surface area contributed by atoms with Gasteiger partial charge in [0.1, 0.15) is 11.8 Å². The van der Waals surface area contributed by atoms with E-state index in [4.69, 9.17) is 4.42 Å². The summed E-state index contributed by atoms with van der Waals surface area (Å²) in [6.07, 6.45) is 4.70. The number of hydrogen-bond acceptors (Lipinski definition) is 5. The van der Waals surface area contributed by atoms with Crippen LogP contribution in [0.5, 0.6) is 0 Å². The van der Waals surface area contributed by atoms with Crippen molar-refractivity contribution in [3.8, 4) is 0 Å². The number of hydrogen-bond donors (Lipinski definition) is 1. The molecule has 0 aliphatic carbocycles. The second-order valence-electron chi connectivity index (χ2n) is 7.69. The Hall–Kier alpha value is -3.16. The van der Waals surface area contributed by atoms with Crippen LogP contribution in [0.2, 0.25) is 0 Å². The van der Waals surface area contributed by atoms with Crippen LogP contribution in [-0.2, 0) is 11.3 Å². The maximum Gasteiger partial charge on any atom is 0.255 e. The molecule has 1 aliphatic rings. The second-order valence-corrected chi connectivity index (χ2v) is 7.69. The first kappa shape index (κ1) is 19.2. The molecule has 29 heavy (non-hydrogen) atoms. The average Bonchev–Trinajstić information content (AvgIpc) is 3.44. The summed E-state index contributed by atoms with van der Waals surface area (Å²) < 4.78 is 7.08. The molecule has 0 spiro atoms. The minimum atomic E-state index is -0.485. The van der Waals surface area contributed by atoms with Crippen LogP contribution in [0.15, 0.2) is 35.1 Å². The lowest BCUT2D eigenvalue weighted by atomic mass is 10.1. The van der Waals surface area contributed by atoms with E-state index in [2.05, 4.69) is 15.4 Å². The van der Waals surface area contributed by atoms with Crippen molar-refractivity contribution >= 4 is 22.8 Å². The van der Waals surface area contributed by atoms with E-state index in [1.54, 1.807) is 35.6 Å². The number of carbonyl (C=O) groups excluding carboxylic acids is 2. The topological polar surface area (TPSA) is 93.3 Å². The normalized spacial score (nSPS) is 16.7. The van der Waals surface area contributed by atoms with Gasteiger partial charge in [0, 0.05) is 18.3 Å². The zero-order valence-corrected chi connectivity index (χ0v) is 16.9. The van der Waals surface area contributed by atoms with Crippen LogP contribution in [0, 0.1) is 6.92 Å². The zero-order chi connectivity index (χ0) is 20.5. The number of aromatic nitrogens is 3. The van der Waals surface area contributed by atoms with Gasteiger partial charge in [-0.05, 0) is 51.8 Å². The van der Waals surface area contributed by atoms with E-state index in [-0.39, 0.29) is 17.9 Å². The van der Waals surface area contributed by atoms with E-state index < -0.39 is 6.04 Å². The number of nitrogens with one attached hydrogen (secondary N) is 1. The molecule has 4 rings (SSSR count). The summed E-state index contributed by atoms with van der Waals surface area (Å²) in [6, 6.07) is 5.02. The van der Waals surface area contributed by atoms with Crippen LogP contribution in [0.1, 0.15) is 54.5 Å². The third-order valence-electron chi connectivity index (χ3n) is 5.25. The van der Waals surface area contributed by atoms with Crippen LogP contribution in [-0.4, -0.2) is 44.1 Å². The number of rotatable bonds is 5. The first-order valence-electron chi connectivity index (χ1n) is 9.91. The van der Waals surface area contributed by atoms with Crippen LogP contribution in [0.4, 0.5) is 0 Å². The molecule has 1 atom stereocenters. The first-order valence-corrected chi connectivity index (χ1v) is 9.91.